The molecule has 0 radical (unpaired) electrons. The van der Waals surface area contributed by atoms with E-state index in [1.165, 1.54) is 11.8 Å². The van der Waals surface area contributed by atoms with Crippen molar-refractivity contribution in [1.29, 1.82) is 0 Å². The number of amidine groups is 1. The van der Waals surface area contributed by atoms with Crippen molar-refractivity contribution in [3.63, 3.8) is 0 Å². The molecule has 2 aromatic carbocycles. The molecule has 0 bridgehead atoms. The number of methoxy groups -OCH3 is 2. The van der Waals surface area contributed by atoms with Gasteiger partial charge in [-0.05, 0) is 60.7 Å². The van der Waals surface area contributed by atoms with E-state index in [-0.39, 0.29) is 5.91 Å². The minimum Gasteiger partial charge on any atom is -0.497 e. The molecule has 0 aromatic heterocycles. The fourth-order valence-electron chi connectivity index (χ4n) is 2.72. The first kappa shape index (κ1) is 20.3. The molecule has 1 aliphatic heterocycles. The average molecular weight is 417 g/mol. The number of benzene rings is 2. The highest BCUT2D eigenvalue weighted by molar-refractivity contribution is 8.18. The summed E-state index contributed by atoms with van der Waals surface area (Å²) in [7, 11) is 3.20. The molecule has 1 aliphatic rings. The number of carbonyl (C=O) groups is 1. The predicted octanol–water partition coefficient (Wildman–Crippen LogP) is 5.37. The van der Waals surface area contributed by atoms with Crippen LogP contribution in [0, 0.1) is 0 Å². The molecule has 3 rings (SSSR count). The number of halogens is 1. The average Bonchev–Trinajstić information content (AvgIpc) is 2.99. The topological polar surface area (TPSA) is 51.1 Å². The molecule has 5 nitrogen and oxygen atoms in total. The zero-order valence-electron chi connectivity index (χ0n) is 15.9. The number of amides is 1. The summed E-state index contributed by atoms with van der Waals surface area (Å²) in [5, 5.41) is 1.31. The van der Waals surface area contributed by atoms with E-state index in [1.807, 2.05) is 37.3 Å². The van der Waals surface area contributed by atoms with E-state index in [0.717, 1.165) is 17.7 Å². The van der Waals surface area contributed by atoms with Crippen LogP contribution in [0.4, 0.5) is 5.69 Å². The third-order valence-electron chi connectivity index (χ3n) is 4.11. The molecule has 1 amide bonds. The van der Waals surface area contributed by atoms with Gasteiger partial charge in [0.2, 0.25) is 0 Å². The lowest BCUT2D eigenvalue weighted by molar-refractivity contribution is -0.122. The van der Waals surface area contributed by atoms with Crippen LogP contribution in [0.3, 0.4) is 0 Å². The van der Waals surface area contributed by atoms with Gasteiger partial charge in [0.1, 0.15) is 11.5 Å². The summed E-state index contributed by atoms with van der Waals surface area (Å²) in [5.41, 5.74) is 1.56. The Balaban J connectivity index is 1.96. The fourth-order valence-corrected chi connectivity index (χ4v) is 3.86. The van der Waals surface area contributed by atoms with Gasteiger partial charge in [0.05, 0.1) is 24.8 Å². The molecule has 0 aliphatic carbocycles. The zero-order chi connectivity index (χ0) is 20.1. The first-order chi connectivity index (χ1) is 13.5. The standard InChI is InChI=1S/C21H21ClN2O3S/c1-4-11-24-20(25)19(12-14-5-10-17(26-2)13-18(14)27-3)28-21(24)23-16-8-6-15(22)7-9-16/h5-10,12-13H,4,11H2,1-3H3/b19-12-,23-21?. The van der Waals surface area contributed by atoms with Crippen molar-refractivity contribution in [3.05, 3.63) is 58.0 Å². The largest absolute Gasteiger partial charge is 0.497 e. The number of hydrogen-bond acceptors (Lipinski definition) is 5. The molecule has 7 heteroatoms. The van der Waals surface area contributed by atoms with Crippen LogP contribution in [-0.2, 0) is 4.79 Å². The number of thioether (sulfide) groups is 1. The molecule has 146 valence electrons. The number of carbonyl (C=O) groups excluding carboxylic acids is 1. The van der Waals surface area contributed by atoms with E-state index in [1.54, 1.807) is 37.3 Å². The molecule has 0 unspecified atom stereocenters. The van der Waals surface area contributed by atoms with Crippen molar-refractivity contribution in [2.24, 2.45) is 4.99 Å². The first-order valence-corrected chi connectivity index (χ1v) is 10.0. The second kappa shape index (κ2) is 9.17. The van der Waals surface area contributed by atoms with Crippen LogP contribution in [0.15, 0.2) is 52.4 Å². The van der Waals surface area contributed by atoms with Crippen molar-refractivity contribution >= 4 is 46.2 Å². The van der Waals surface area contributed by atoms with Gasteiger partial charge in [-0.3, -0.25) is 9.69 Å². The first-order valence-electron chi connectivity index (χ1n) is 8.83. The summed E-state index contributed by atoms with van der Waals surface area (Å²) < 4.78 is 10.7. The summed E-state index contributed by atoms with van der Waals surface area (Å²) in [4.78, 5) is 19.9. The van der Waals surface area contributed by atoms with Crippen molar-refractivity contribution in [1.82, 2.24) is 4.90 Å². The van der Waals surface area contributed by atoms with Gasteiger partial charge in [0.15, 0.2) is 5.17 Å². The highest BCUT2D eigenvalue weighted by Crippen LogP contribution is 2.36. The third-order valence-corrected chi connectivity index (χ3v) is 5.37. The third kappa shape index (κ3) is 4.51. The number of ether oxygens (including phenoxy) is 2. The van der Waals surface area contributed by atoms with Gasteiger partial charge in [0.25, 0.3) is 5.91 Å². The van der Waals surface area contributed by atoms with Crippen LogP contribution in [0.1, 0.15) is 18.9 Å². The van der Waals surface area contributed by atoms with Gasteiger partial charge in [-0.2, -0.15) is 0 Å². The van der Waals surface area contributed by atoms with E-state index >= 15 is 0 Å². The Morgan fingerprint density at radius 2 is 1.89 bits per heavy atom. The summed E-state index contributed by atoms with van der Waals surface area (Å²) in [6.45, 7) is 2.64. The Kier molecular flexibility index (Phi) is 6.65. The highest BCUT2D eigenvalue weighted by atomic mass is 35.5. The van der Waals surface area contributed by atoms with Crippen LogP contribution < -0.4 is 9.47 Å². The lowest BCUT2D eigenvalue weighted by Gasteiger charge is -2.14. The SMILES string of the molecule is CCCN1C(=O)/C(=C/c2ccc(OC)cc2OC)SC1=Nc1ccc(Cl)cc1. The lowest BCUT2D eigenvalue weighted by atomic mass is 10.1. The van der Waals surface area contributed by atoms with Crippen LogP contribution in [-0.4, -0.2) is 36.7 Å². The molecule has 1 saturated heterocycles. The Bertz CT molecular complexity index is 926. The lowest BCUT2D eigenvalue weighted by Crippen LogP contribution is -2.29. The molecule has 0 saturated carbocycles. The van der Waals surface area contributed by atoms with Crippen LogP contribution >= 0.6 is 23.4 Å². The number of nitrogens with zero attached hydrogens (tertiary/aromatic N) is 2. The Labute approximate surface area is 174 Å². The molecule has 1 heterocycles. The molecule has 0 atom stereocenters. The molecule has 0 N–H and O–H groups in total. The summed E-state index contributed by atoms with van der Waals surface area (Å²) in [6.07, 6.45) is 2.67. The molecule has 0 spiro atoms. The van der Waals surface area contributed by atoms with Gasteiger partial charge in [0, 0.05) is 23.2 Å². The Hall–Kier alpha value is -2.44. The highest BCUT2D eigenvalue weighted by Gasteiger charge is 2.33. The Morgan fingerprint density at radius 3 is 2.54 bits per heavy atom. The monoisotopic (exact) mass is 416 g/mol. The Morgan fingerprint density at radius 1 is 1.14 bits per heavy atom. The van der Waals surface area contributed by atoms with Crippen molar-refractivity contribution < 1.29 is 14.3 Å². The molecule has 28 heavy (non-hydrogen) atoms. The molecule has 2 aromatic rings. The van der Waals surface area contributed by atoms with E-state index < -0.39 is 0 Å². The van der Waals surface area contributed by atoms with Crippen LogP contribution in [0.5, 0.6) is 11.5 Å². The number of rotatable bonds is 6. The maximum Gasteiger partial charge on any atom is 0.266 e. The summed E-state index contributed by atoms with van der Waals surface area (Å²) in [5.74, 6) is 1.28. The second-order valence-corrected chi connectivity index (χ2v) is 7.49. The van der Waals surface area contributed by atoms with Crippen LogP contribution in [0.25, 0.3) is 6.08 Å². The minimum atomic E-state index is -0.0579. The summed E-state index contributed by atoms with van der Waals surface area (Å²) >= 11 is 7.30. The number of hydrogen-bond donors (Lipinski definition) is 0. The van der Waals surface area contributed by atoms with Gasteiger partial charge >= 0.3 is 0 Å². The zero-order valence-corrected chi connectivity index (χ0v) is 17.5. The minimum absolute atomic E-state index is 0.0579. The smallest absolute Gasteiger partial charge is 0.266 e. The van der Waals surface area contributed by atoms with E-state index in [4.69, 9.17) is 21.1 Å². The van der Waals surface area contributed by atoms with E-state index in [0.29, 0.717) is 33.1 Å². The van der Waals surface area contributed by atoms with Crippen LogP contribution in [0.2, 0.25) is 5.02 Å². The van der Waals surface area contributed by atoms with Gasteiger partial charge in [-0.15, -0.1) is 0 Å². The molecular weight excluding hydrogens is 396 g/mol. The maximum atomic E-state index is 12.9. The fraction of sp³-hybridized carbons (Fsp3) is 0.238. The van der Waals surface area contributed by atoms with Gasteiger partial charge in [-0.1, -0.05) is 18.5 Å². The quantitative estimate of drug-likeness (QED) is 0.594. The summed E-state index contributed by atoms with van der Waals surface area (Å²) in [6, 6.07) is 12.7. The molecular formula is C21H21ClN2O3S. The maximum absolute atomic E-state index is 12.9. The molecule has 1 fully saturated rings. The van der Waals surface area contributed by atoms with Gasteiger partial charge in [-0.25, -0.2) is 4.99 Å². The van der Waals surface area contributed by atoms with Crippen molar-refractivity contribution in [3.8, 4) is 11.5 Å². The van der Waals surface area contributed by atoms with Crippen molar-refractivity contribution in [2.75, 3.05) is 20.8 Å². The van der Waals surface area contributed by atoms with E-state index in [2.05, 4.69) is 4.99 Å². The number of aliphatic imine (C=N–C) groups is 1. The van der Waals surface area contributed by atoms with Gasteiger partial charge < -0.3 is 9.47 Å². The van der Waals surface area contributed by atoms with Crippen molar-refractivity contribution in [2.45, 2.75) is 13.3 Å². The predicted molar refractivity (Wildman–Crippen MR) is 116 cm³/mol. The van der Waals surface area contributed by atoms with E-state index in [9.17, 15) is 4.79 Å². The second-order valence-electron chi connectivity index (χ2n) is 6.05. The normalized spacial score (nSPS) is 16.9.